The molecule has 4 rings (SSSR count). The number of aromatic amines is 1. The van der Waals surface area contributed by atoms with Gasteiger partial charge in [0.25, 0.3) is 5.56 Å². The molecule has 1 fully saturated rings. The summed E-state index contributed by atoms with van der Waals surface area (Å²) in [6, 6.07) is 0.102. The van der Waals surface area contributed by atoms with Crippen molar-refractivity contribution in [3.63, 3.8) is 0 Å². The Morgan fingerprint density at radius 3 is 2.64 bits per heavy atom. The van der Waals surface area contributed by atoms with Crippen LogP contribution in [0.2, 0.25) is 0 Å². The Morgan fingerprint density at radius 1 is 1.29 bits per heavy atom. The fraction of sp³-hybridized carbons (Fsp3) is 0.526. The van der Waals surface area contributed by atoms with Gasteiger partial charge in [-0.25, -0.2) is 14.5 Å². The average molecular weight is 384 g/mol. The van der Waals surface area contributed by atoms with Crippen molar-refractivity contribution in [2.75, 3.05) is 0 Å². The Morgan fingerprint density at radius 2 is 2.00 bits per heavy atom. The van der Waals surface area contributed by atoms with Gasteiger partial charge >= 0.3 is 5.97 Å². The van der Waals surface area contributed by atoms with Crippen LogP contribution in [0.5, 0.6) is 0 Å². The minimum Gasteiger partial charge on any atom is -0.478 e. The Labute approximate surface area is 161 Å². The monoisotopic (exact) mass is 384 g/mol. The maximum Gasteiger partial charge on any atom is 0.338 e. The Balaban J connectivity index is 1.67. The number of hydrogen-bond acceptors (Lipinski definition) is 5. The third-order valence-electron chi connectivity index (χ3n) is 5.94. The third-order valence-corrected chi connectivity index (χ3v) is 5.94. The number of rotatable bonds is 4. The zero-order valence-corrected chi connectivity index (χ0v) is 16.2. The van der Waals surface area contributed by atoms with Gasteiger partial charge in [-0.3, -0.25) is 14.5 Å². The highest BCUT2D eigenvalue weighted by Gasteiger charge is 2.31. The van der Waals surface area contributed by atoms with Gasteiger partial charge < -0.3 is 5.11 Å². The van der Waals surface area contributed by atoms with Gasteiger partial charge in [-0.2, -0.15) is 10.2 Å². The molecule has 1 saturated carbocycles. The van der Waals surface area contributed by atoms with Crippen LogP contribution >= 0.6 is 0 Å². The fourth-order valence-corrected chi connectivity index (χ4v) is 4.03. The molecule has 0 spiro atoms. The Bertz CT molecular complexity index is 1080. The molecule has 0 amide bonds. The quantitative estimate of drug-likeness (QED) is 0.714. The number of carboxylic acids is 1. The summed E-state index contributed by atoms with van der Waals surface area (Å²) in [6.07, 6.45) is 8.68. The molecule has 3 aromatic heterocycles. The van der Waals surface area contributed by atoms with Crippen LogP contribution in [0.15, 0.2) is 23.4 Å². The molecule has 148 valence electrons. The highest BCUT2D eigenvalue weighted by atomic mass is 16.4. The third kappa shape index (κ3) is 3.21. The maximum atomic E-state index is 12.8. The second-order valence-corrected chi connectivity index (χ2v) is 8.43. The van der Waals surface area contributed by atoms with Crippen LogP contribution in [0.4, 0.5) is 0 Å². The van der Waals surface area contributed by atoms with E-state index in [2.05, 4.69) is 40.9 Å². The number of aromatic carboxylic acids is 1. The minimum atomic E-state index is -1.09. The number of nitrogens with one attached hydrogen (secondary N) is 1. The molecule has 0 aromatic carbocycles. The smallest absolute Gasteiger partial charge is 0.338 e. The number of fused-ring (bicyclic) bond motifs is 1. The number of carboxylic acid groups (broad SMARTS) is 1. The van der Waals surface area contributed by atoms with Crippen molar-refractivity contribution < 1.29 is 9.90 Å². The highest BCUT2D eigenvalue weighted by molar-refractivity contribution is 5.87. The van der Waals surface area contributed by atoms with E-state index < -0.39 is 5.97 Å². The van der Waals surface area contributed by atoms with Crippen LogP contribution in [-0.2, 0) is 0 Å². The van der Waals surface area contributed by atoms with Gasteiger partial charge in [-0.15, -0.1) is 0 Å². The first-order valence-corrected chi connectivity index (χ1v) is 9.51. The van der Waals surface area contributed by atoms with Crippen molar-refractivity contribution in [2.45, 2.75) is 52.5 Å². The summed E-state index contributed by atoms with van der Waals surface area (Å²) in [5, 5.41) is 17.4. The summed E-state index contributed by atoms with van der Waals surface area (Å²) in [5.74, 6) is -0.456. The van der Waals surface area contributed by atoms with E-state index in [4.69, 9.17) is 5.11 Å². The van der Waals surface area contributed by atoms with E-state index in [1.54, 1.807) is 10.9 Å². The van der Waals surface area contributed by atoms with Crippen molar-refractivity contribution in [1.29, 1.82) is 0 Å². The average Bonchev–Trinajstić information content (AvgIpc) is 3.28. The van der Waals surface area contributed by atoms with Gasteiger partial charge in [0.05, 0.1) is 24.0 Å². The Hall–Kier alpha value is -2.97. The summed E-state index contributed by atoms with van der Waals surface area (Å²) in [6.45, 7) is 6.71. The molecule has 9 nitrogen and oxygen atoms in total. The van der Waals surface area contributed by atoms with Crippen molar-refractivity contribution in [3.05, 3.63) is 34.5 Å². The van der Waals surface area contributed by atoms with Crippen LogP contribution < -0.4 is 5.56 Å². The molecule has 2 N–H and O–H groups in total. The van der Waals surface area contributed by atoms with Crippen LogP contribution in [0.3, 0.4) is 0 Å². The molecule has 0 aliphatic heterocycles. The lowest BCUT2D eigenvalue weighted by atomic mass is 9.71. The van der Waals surface area contributed by atoms with Gasteiger partial charge in [0.2, 0.25) is 5.95 Å². The minimum absolute atomic E-state index is 0.0206. The lowest BCUT2D eigenvalue weighted by Gasteiger charge is -2.37. The second kappa shape index (κ2) is 6.57. The van der Waals surface area contributed by atoms with E-state index in [9.17, 15) is 9.59 Å². The fourth-order valence-electron chi connectivity index (χ4n) is 4.03. The molecule has 0 bridgehead atoms. The highest BCUT2D eigenvalue weighted by Crippen LogP contribution is 2.42. The van der Waals surface area contributed by atoms with Crippen molar-refractivity contribution >= 4 is 17.0 Å². The van der Waals surface area contributed by atoms with Crippen molar-refractivity contribution in [1.82, 2.24) is 29.5 Å². The molecule has 0 radical (unpaired) electrons. The maximum absolute atomic E-state index is 12.8. The molecule has 1 aliphatic carbocycles. The summed E-state index contributed by atoms with van der Waals surface area (Å²) in [5.41, 5.74) is 0.996. The largest absolute Gasteiger partial charge is 0.478 e. The molecule has 0 saturated heterocycles. The first kappa shape index (κ1) is 18.4. The second-order valence-electron chi connectivity index (χ2n) is 8.43. The van der Waals surface area contributed by atoms with Gasteiger partial charge in [0, 0.05) is 6.20 Å². The van der Waals surface area contributed by atoms with Crippen LogP contribution in [0.25, 0.3) is 17.0 Å². The van der Waals surface area contributed by atoms with E-state index in [1.165, 1.54) is 29.9 Å². The van der Waals surface area contributed by atoms with E-state index >= 15 is 0 Å². The predicted molar refractivity (Wildman–Crippen MR) is 103 cm³/mol. The molecule has 0 unspecified atom stereocenters. The number of H-pyrrole nitrogens is 1. The van der Waals surface area contributed by atoms with E-state index in [-0.39, 0.29) is 23.1 Å². The summed E-state index contributed by atoms with van der Waals surface area (Å²) < 4.78 is 3.02. The predicted octanol–water partition coefficient (Wildman–Crippen LogP) is 2.78. The normalized spacial score (nSPS) is 18.4. The summed E-state index contributed by atoms with van der Waals surface area (Å²) >= 11 is 0. The zero-order chi connectivity index (χ0) is 20.1. The molecule has 1 aliphatic rings. The SMILES string of the molecule is C[C@@H](C1CCC(C)(C)CC1)n1ncc2nc(-n3cc(C(=O)O)cn3)[nH]c(=O)c21. The molecule has 9 heteroatoms. The summed E-state index contributed by atoms with van der Waals surface area (Å²) in [4.78, 5) is 30.9. The van der Waals surface area contributed by atoms with Gasteiger partial charge in [0.1, 0.15) is 5.52 Å². The molecule has 3 heterocycles. The number of carbonyl (C=O) groups is 1. The number of aromatic nitrogens is 6. The lowest BCUT2D eigenvalue weighted by Crippen LogP contribution is -2.28. The van der Waals surface area contributed by atoms with E-state index in [0.29, 0.717) is 22.4 Å². The van der Waals surface area contributed by atoms with Crippen LogP contribution in [0, 0.1) is 11.3 Å². The molecule has 28 heavy (non-hydrogen) atoms. The molecule has 3 aromatic rings. The summed E-state index contributed by atoms with van der Waals surface area (Å²) in [7, 11) is 0. The molecule has 1 atom stereocenters. The zero-order valence-electron chi connectivity index (χ0n) is 16.2. The van der Waals surface area contributed by atoms with Crippen molar-refractivity contribution in [3.8, 4) is 5.95 Å². The molecular weight excluding hydrogens is 360 g/mol. The standard InChI is InChI=1S/C19H24N6O3/c1-11(12-4-6-19(2,3)7-5-12)25-15-14(9-21-25)22-18(23-16(15)26)24-10-13(8-20-24)17(27)28/h8-12H,4-7H2,1-3H3,(H,27,28)(H,22,23,26)/t11-/m0/s1. The topological polar surface area (TPSA) is 119 Å². The van der Waals surface area contributed by atoms with E-state index in [0.717, 1.165) is 12.8 Å². The first-order valence-electron chi connectivity index (χ1n) is 9.51. The van der Waals surface area contributed by atoms with Gasteiger partial charge in [-0.1, -0.05) is 13.8 Å². The van der Waals surface area contributed by atoms with Gasteiger partial charge in [0.15, 0.2) is 5.52 Å². The number of nitrogens with zero attached hydrogens (tertiary/aromatic N) is 5. The number of hydrogen-bond donors (Lipinski definition) is 2. The Kier molecular flexibility index (Phi) is 4.32. The first-order chi connectivity index (χ1) is 13.2. The van der Waals surface area contributed by atoms with Gasteiger partial charge in [-0.05, 0) is 43.9 Å². The van der Waals surface area contributed by atoms with Crippen LogP contribution in [-0.4, -0.2) is 40.6 Å². The van der Waals surface area contributed by atoms with Crippen molar-refractivity contribution in [2.24, 2.45) is 11.3 Å². The van der Waals surface area contributed by atoms with E-state index in [1.807, 2.05) is 0 Å². The molecular formula is C19H24N6O3. The lowest BCUT2D eigenvalue weighted by molar-refractivity contribution is 0.0697. The van der Waals surface area contributed by atoms with Crippen LogP contribution in [0.1, 0.15) is 62.9 Å².